The molecule has 3 aromatic rings. The molecule has 3 rings (SSSR count). The molecule has 0 aliphatic heterocycles. The van der Waals surface area contributed by atoms with Gasteiger partial charge >= 0.3 is 0 Å². The van der Waals surface area contributed by atoms with Crippen LogP contribution in [-0.2, 0) is 13.1 Å². The fourth-order valence-electron chi connectivity index (χ4n) is 2.20. The van der Waals surface area contributed by atoms with Gasteiger partial charge in [-0.1, -0.05) is 12.1 Å². The SMILES string of the molecule is Cc1ccsc1CNCc1cccc2[nH]ccc12. The maximum absolute atomic E-state index is 3.52. The van der Waals surface area contributed by atoms with Crippen molar-refractivity contribution in [1.29, 1.82) is 0 Å². The topological polar surface area (TPSA) is 27.8 Å². The van der Waals surface area contributed by atoms with Crippen LogP contribution in [0.5, 0.6) is 0 Å². The molecule has 0 aliphatic rings. The second-order valence-electron chi connectivity index (χ2n) is 4.49. The summed E-state index contributed by atoms with van der Waals surface area (Å²) in [7, 11) is 0. The molecule has 0 saturated carbocycles. The molecule has 0 atom stereocenters. The van der Waals surface area contributed by atoms with Gasteiger partial charge in [0.25, 0.3) is 0 Å². The summed E-state index contributed by atoms with van der Waals surface area (Å²) in [5.41, 5.74) is 3.94. The minimum Gasteiger partial charge on any atom is -0.361 e. The molecule has 2 aromatic heterocycles. The zero-order valence-electron chi connectivity index (χ0n) is 10.4. The maximum Gasteiger partial charge on any atom is 0.0457 e. The molecule has 0 amide bonds. The Balaban J connectivity index is 1.70. The molecule has 2 nitrogen and oxygen atoms in total. The lowest BCUT2D eigenvalue weighted by molar-refractivity contribution is 0.702. The van der Waals surface area contributed by atoms with E-state index in [9.17, 15) is 0 Å². The Kier molecular flexibility index (Phi) is 3.17. The van der Waals surface area contributed by atoms with Crippen molar-refractivity contribution in [1.82, 2.24) is 10.3 Å². The van der Waals surface area contributed by atoms with Crippen LogP contribution in [0.25, 0.3) is 10.9 Å². The lowest BCUT2D eigenvalue weighted by atomic mass is 10.1. The van der Waals surface area contributed by atoms with E-state index in [2.05, 4.69) is 52.9 Å². The van der Waals surface area contributed by atoms with Crippen LogP contribution in [0.1, 0.15) is 16.0 Å². The van der Waals surface area contributed by atoms with Crippen molar-refractivity contribution >= 4 is 22.2 Å². The average molecular weight is 256 g/mol. The number of H-pyrrole nitrogens is 1. The number of nitrogens with one attached hydrogen (secondary N) is 2. The standard InChI is InChI=1S/C15H16N2S/c1-11-6-8-18-15(11)10-16-9-12-3-2-4-14-13(12)5-7-17-14/h2-8,16-17H,9-10H2,1H3. The normalized spacial score (nSPS) is 11.2. The highest BCUT2D eigenvalue weighted by molar-refractivity contribution is 7.10. The molecule has 0 radical (unpaired) electrons. The van der Waals surface area contributed by atoms with Gasteiger partial charge < -0.3 is 10.3 Å². The van der Waals surface area contributed by atoms with Crippen LogP contribution in [-0.4, -0.2) is 4.98 Å². The number of aromatic nitrogens is 1. The first-order valence-electron chi connectivity index (χ1n) is 6.13. The molecule has 0 aliphatic carbocycles. The summed E-state index contributed by atoms with van der Waals surface area (Å²) in [5.74, 6) is 0. The fourth-order valence-corrected chi connectivity index (χ4v) is 3.08. The van der Waals surface area contributed by atoms with Crippen LogP contribution >= 0.6 is 11.3 Å². The third kappa shape index (κ3) is 2.19. The van der Waals surface area contributed by atoms with E-state index in [4.69, 9.17) is 0 Å². The lowest BCUT2D eigenvalue weighted by Gasteiger charge is -2.06. The summed E-state index contributed by atoms with van der Waals surface area (Å²) in [6.07, 6.45) is 2.00. The first kappa shape index (κ1) is 11.5. The van der Waals surface area contributed by atoms with Crippen molar-refractivity contribution in [2.24, 2.45) is 0 Å². The van der Waals surface area contributed by atoms with E-state index in [1.54, 1.807) is 0 Å². The van der Waals surface area contributed by atoms with Gasteiger partial charge in [-0.25, -0.2) is 0 Å². The van der Waals surface area contributed by atoms with Crippen LogP contribution in [0.4, 0.5) is 0 Å². The minimum atomic E-state index is 0.909. The van der Waals surface area contributed by atoms with E-state index in [-0.39, 0.29) is 0 Å². The van der Waals surface area contributed by atoms with E-state index in [0.29, 0.717) is 0 Å². The smallest absolute Gasteiger partial charge is 0.0457 e. The first-order chi connectivity index (χ1) is 8.84. The molecule has 0 fully saturated rings. The summed E-state index contributed by atoms with van der Waals surface area (Å²) >= 11 is 1.82. The van der Waals surface area contributed by atoms with Gasteiger partial charge in [0.2, 0.25) is 0 Å². The fraction of sp³-hybridized carbons (Fsp3) is 0.200. The van der Waals surface area contributed by atoms with Gasteiger partial charge in [0, 0.05) is 35.1 Å². The average Bonchev–Trinajstić information content (AvgIpc) is 2.99. The van der Waals surface area contributed by atoms with Crippen LogP contribution < -0.4 is 5.32 Å². The molecule has 0 saturated heterocycles. The van der Waals surface area contributed by atoms with Crippen molar-refractivity contribution in [2.45, 2.75) is 20.0 Å². The monoisotopic (exact) mass is 256 g/mol. The van der Waals surface area contributed by atoms with Crippen molar-refractivity contribution < 1.29 is 0 Å². The number of fused-ring (bicyclic) bond motifs is 1. The third-order valence-corrected chi connectivity index (χ3v) is 4.28. The number of benzene rings is 1. The number of thiophene rings is 1. The predicted octanol–water partition coefficient (Wildman–Crippen LogP) is 3.83. The summed E-state index contributed by atoms with van der Waals surface area (Å²) in [4.78, 5) is 4.67. The molecule has 3 heteroatoms. The third-order valence-electron chi connectivity index (χ3n) is 3.25. The second kappa shape index (κ2) is 4.96. The van der Waals surface area contributed by atoms with Gasteiger partial charge in [0.1, 0.15) is 0 Å². The van der Waals surface area contributed by atoms with Gasteiger partial charge in [0.05, 0.1) is 0 Å². The Hall–Kier alpha value is -1.58. The lowest BCUT2D eigenvalue weighted by Crippen LogP contribution is -2.12. The molecule has 0 spiro atoms. The van der Waals surface area contributed by atoms with Crippen LogP contribution in [0.15, 0.2) is 41.9 Å². The van der Waals surface area contributed by atoms with Crippen LogP contribution in [0.2, 0.25) is 0 Å². The highest BCUT2D eigenvalue weighted by Crippen LogP contribution is 2.18. The molecule has 0 unspecified atom stereocenters. The highest BCUT2D eigenvalue weighted by atomic mass is 32.1. The summed E-state index contributed by atoms with van der Waals surface area (Å²) < 4.78 is 0. The summed E-state index contributed by atoms with van der Waals surface area (Å²) in [6, 6.07) is 10.7. The molecule has 0 bridgehead atoms. The molecule has 92 valence electrons. The van der Waals surface area contributed by atoms with Crippen molar-refractivity contribution in [3.63, 3.8) is 0 Å². The van der Waals surface area contributed by atoms with E-state index in [0.717, 1.165) is 13.1 Å². The zero-order chi connectivity index (χ0) is 12.4. The van der Waals surface area contributed by atoms with Gasteiger partial charge in [-0.05, 0) is 41.6 Å². The molecule has 1 aromatic carbocycles. The second-order valence-corrected chi connectivity index (χ2v) is 5.49. The van der Waals surface area contributed by atoms with Gasteiger partial charge in [0.15, 0.2) is 0 Å². The highest BCUT2D eigenvalue weighted by Gasteiger charge is 2.02. The Morgan fingerprint density at radius 1 is 1.17 bits per heavy atom. The molecular weight excluding hydrogens is 240 g/mol. The zero-order valence-corrected chi connectivity index (χ0v) is 11.2. The van der Waals surface area contributed by atoms with E-state index < -0.39 is 0 Å². The van der Waals surface area contributed by atoms with Gasteiger partial charge in [-0.15, -0.1) is 11.3 Å². The summed E-state index contributed by atoms with van der Waals surface area (Å²) in [5, 5.41) is 6.99. The van der Waals surface area contributed by atoms with Gasteiger partial charge in [-0.3, -0.25) is 0 Å². The van der Waals surface area contributed by atoms with Gasteiger partial charge in [-0.2, -0.15) is 0 Å². The van der Waals surface area contributed by atoms with E-state index >= 15 is 0 Å². The maximum atomic E-state index is 3.52. The number of hydrogen-bond donors (Lipinski definition) is 2. The Labute approximate surface area is 111 Å². The van der Waals surface area contributed by atoms with Crippen molar-refractivity contribution in [3.05, 3.63) is 57.9 Å². The molecule has 18 heavy (non-hydrogen) atoms. The van der Waals surface area contributed by atoms with Crippen LogP contribution in [0, 0.1) is 6.92 Å². The van der Waals surface area contributed by atoms with E-state index in [1.165, 1.54) is 26.9 Å². The van der Waals surface area contributed by atoms with Crippen molar-refractivity contribution in [2.75, 3.05) is 0 Å². The van der Waals surface area contributed by atoms with Crippen LogP contribution in [0.3, 0.4) is 0 Å². The Bertz CT molecular complexity index is 651. The Morgan fingerprint density at radius 3 is 2.94 bits per heavy atom. The molecule has 2 heterocycles. The van der Waals surface area contributed by atoms with Crippen molar-refractivity contribution in [3.8, 4) is 0 Å². The molecular formula is C15H16N2S. The number of aromatic amines is 1. The first-order valence-corrected chi connectivity index (χ1v) is 7.01. The molecule has 2 N–H and O–H groups in total. The summed E-state index contributed by atoms with van der Waals surface area (Å²) in [6.45, 7) is 4.03. The minimum absolute atomic E-state index is 0.909. The Morgan fingerprint density at radius 2 is 2.11 bits per heavy atom. The number of aryl methyl sites for hydroxylation is 1. The van der Waals surface area contributed by atoms with E-state index in [1.807, 2.05) is 17.5 Å². The quantitative estimate of drug-likeness (QED) is 0.729. The largest absolute Gasteiger partial charge is 0.361 e. The predicted molar refractivity (Wildman–Crippen MR) is 77.9 cm³/mol. The number of rotatable bonds is 4. The number of hydrogen-bond acceptors (Lipinski definition) is 2.